The number of nitrogens with one attached hydrogen (secondary N) is 1. The molecule has 2 atom stereocenters. The molecule has 94 valence electrons. The molecule has 2 rings (SSSR count). The smallest absolute Gasteiger partial charge is 0.100 e. The van der Waals surface area contributed by atoms with Gasteiger partial charge in [0, 0.05) is 12.4 Å². The van der Waals surface area contributed by atoms with Gasteiger partial charge in [-0.2, -0.15) is 0 Å². The van der Waals surface area contributed by atoms with Gasteiger partial charge < -0.3 is 14.8 Å². The van der Waals surface area contributed by atoms with Gasteiger partial charge in [0.2, 0.25) is 0 Å². The number of ether oxygens (including phenoxy) is 2. The normalized spacial score (nSPS) is 22.3. The lowest BCUT2D eigenvalue weighted by molar-refractivity contribution is -0.102. The van der Waals surface area contributed by atoms with Crippen LogP contribution < -0.4 is 5.32 Å². The minimum Gasteiger partial charge on any atom is -0.376 e. The zero-order valence-corrected chi connectivity index (χ0v) is 10.3. The summed E-state index contributed by atoms with van der Waals surface area (Å²) in [5.74, 6) is 0. The van der Waals surface area contributed by atoms with E-state index in [0.717, 1.165) is 18.5 Å². The summed E-state index contributed by atoms with van der Waals surface area (Å²) in [5, 5.41) is 3.51. The van der Waals surface area contributed by atoms with Crippen molar-refractivity contribution in [2.24, 2.45) is 0 Å². The maximum atomic E-state index is 5.78. The predicted octanol–water partition coefficient (Wildman–Crippen LogP) is 1.54. The number of hydrogen-bond donors (Lipinski definition) is 1. The van der Waals surface area contributed by atoms with Crippen LogP contribution in [0.4, 0.5) is 0 Å². The Morgan fingerprint density at radius 3 is 3.12 bits per heavy atom. The number of aromatic nitrogens is 1. The van der Waals surface area contributed by atoms with Gasteiger partial charge in [0.25, 0.3) is 0 Å². The van der Waals surface area contributed by atoms with Crippen LogP contribution in [-0.2, 0) is 9.47 Å². The predicted molar refractivity (Wildman–Crippen MR) is 65.8 cm³/mol. The number of nitrogens with zero attached hydrogens (tertiary/aromatic N) is 1. The minimum absolute atomic E-state index is 0.0829. The summed E-state index contributed by atoms with van der Waals surface area (Å²) < 4.78 is 11.3. The average Bonchev–Trinajstić information content (AvgIpc) is 2.42. The highest BCUT2D eigenvalue weighted by Crippen LogP contribution is 2.20. The molecule has 0 bridgehead atoms. The Bertz CT molecular complexity index is 312. The van der Waals surface area contributed by atoms with Gasteiger partial charge in [0.05, 0.1) is 25.9 Å². The fraction of sp³-hybridized carbons (Fsp3) is 0.615. The molecule has 1 aliphatic heterocycles. The first-order chi connectivity index (χ1) is 8.42. The Hall–Kier alpha value is -0.970. The highest BCUT2D eigenvalue weighted by Gasteiger charge is 2.26. The molecule has 1 saturated heterocycles. The Morgan fingerprint density at radius 1 is 1.53 bits per heavy atom. The maximum absolute atomic E-state index is 5.78. The van der Waals surface area contributed by atoms with E-state index in [1.165, 1.54) is 0 Å². The fourth-order valence-corrected chi connectivity index (χ4v) is 2.02. The highest BCUT2D eigenvalue weighted by molar-refractivity contribution is 5.15. The Balaban J connectivity index is 2.06. The second-order valence-electron chi connectivity index (χ2n) is 4.20. The third-order valence-corrected chi connectivity index (χ3v) is 2.87. The van der Waals surface area contributed by atoms with Crippen molar-refractivity contribution < 1.29 is 9.47 Å². The number of rotatable bonds is 5. The molecule has 0 saturated carbocycles. The van der Waals surface area contributed by atoms with Crippen LogP contribution in [0.25, 0.3) is 0 Å². The maximum Gasteiger partial charge on any atom is 0.100 e. The van der Waals surface area contributed by atoms with Gasteiger partial charge >= 0.3 is 0 Å². The molecule has 1 N–H and O–H groups in total. The molecule has 1 aromatic heterocycles. The zero-order valence-electron chi connectivity index (χ0n) is 10.3. The standard InChI is InChI=1S/C13H20N2O2/c1-2-5-15-13(11-4-3-6-14-9-11)12-10-16-7-8-17-12/h3-4,6,9,12-13,15H,2,5,7-8,10H2,1H3. The Morgan fingerprint density at radius 2 is 2.47 bits per heavy atom. The zero-order chi connectivity index (χ0) is 11.9. The Kier molecular flexibility index (Phi) is 4.91. The summed E-state index contributed by atoms with van der Waals surface area (Å²) in [6.07, 6.45) is 4.87. The second-order valence-corrected chi connectivity index (χ2v) is 4.20. The fourth-order valence-electron chi connectivity index (χ4n) is 2.02. The molecule has 4 nitrogen and oxygen atoms in total. The molecule has 2 heterocycles. The van der Waals surface area contributed by atoms with E-state index in [1.54, 1.807) is 6.20 Å². The summed E-state index contributed by atoms with van der Waals surface area (Å²) >= 11 is 0. The summed E-state index contributed by atoms with van der Waals surface area (Å²) in [7, 11) is 0. The third-order valence-electron chi connectivity index (χ3n) is 2.87. The number of hydrogen-bond acceptors (Lipinski definition) is 4. The van der Waals surface area contributed by atoms with Gasteiger partial charge in [-0.25, -0.2) is 0 Å². The third kappa shape index (κ3) is 3.49. The summed E-state index contributed by atoms with van der Waals surface area (Å²) in [6, 6.07) is 4.21. The van der Waals surface area contributed by atoms with E-state index in [2.05, 4.69) is 23.3 Å². The molecule has 0 amide bonds. The summed E-state index contributed by atoms with van der Waals surface area (Å²) in [6.45, 7) is 5.15. The van der Waals surface area contributed by atoms with Crippen molar-refractivity contribution in [3.05, 3.63) is 30.1 Å². The van der Waals surface area contributed by atoms with Crippen molar-refractivity contribution in [1.82, 2.24) is 10.3 Å². The molecule has 0 radical (unpaired) electrons. The van der Waals surface area contributed by atoms with Crippen LogP contribution in [0.2, 0.25) is 0 Å². The van der Waals surface area contributed by atoms with Gasteiger partial charge in [0.1, 0.15) is 6.10 Å². The lowest BCUT2D eigenvalue weighted by atomic mass is 10.0. The molecule has 0 spiro atoms. The van der Waals surface area contributed by atoms with Crippen LogP contribution >= 0.6 is 0 Å². The van der Waals surface area contributed by atoms with Crippen molar-refractivity contribution in [3.8, 4) is 0 Å². The first kappa shape index (κ1) is 12.5. The molecule has 1 fully saturated rings. The molecular formula is C13H20N2O2. The van der Waals surface area contributed by atoms with Crippen LogP contribution in [0.3, 0.4) is 0 Å². The van der Waals surface area contributed by atoms with E-state index < -0.39 is 0 Å². The molecule has 1 aliphatic rings. The van der Waals surface area contributed by atoms with Crippen molar-refractivity contribution in [2.45, 2.75) is 25.5 Å². The Labute approximate surface area is 102 Å². The van der Waals surface area contributed by atoms with Crippen LogP contribution in [0.1, 0.15) is 24.9 Å². The highest BCUT2D eigenvalue weighted by atomic mass is 16.6. The van der Waals surface area contributed by atoms with E-state index in [4.69, 9.17) is 9.47 Å². The van der Waals surface area contributed by atoms with Crippen molar-refractivity contribution in [1.29, 1.82) is 0 Å². The summed E-state index contributed by atoms with van der Waals surface area (Å²) in [5.41, 5.74) is 1.16. The molecule has 0 aliphatic carbocycles. The topological polar surface area (TPSA) is 43.4 Å². The van der Waals surface area contributed by atoms with E-state index in [9.17, 15) is 0 Å². The minimum atomic E-state index is 0.0829. The molecule has 2 unspecified atom stereocenters. The largest absolute Gasteiger partial charge is 0.376 e. The van der Waals surface area contributed by atoms with E-state index >= 15 is 0 Å². The first-order valence-corrected chi connectivity index (χ1v) is 6.24. The number of pyridine rings is 1. The molecule has 1 aromatic rings. The first-order valence-electron chi connectivity index (χ1n) is 6.24. The van der Waals surface area contributed by atoms with Crippen LogP contribution in [0.15, 0.2) is 24.5 Å². The molecular weight excluding hydrogens is 216 g/mol. The van der Waals surface area contributed by atoms with E-state index in [-0.39, 0.29) is 12.1 Å². The molecule has 4 heteroatoms. The molecule has 17 heavy (non-hydrogen) atoms. The lowest BCUT2D eigenvalue weighted by Gasteiger charge is -2.31. The van der Waals surface area contributed by atoms with Crippen LogP contribution in [-0.4, -0.2) is 37.5 Å². The van der Waals surface area contributed by atoms with Crippen molar-refractivity contribution >= 4 is 0 Å². The molecule has 0 aromatic carbocycles. The second kappa shape index (κ2) is 6.69. The van der Waals surface area contributed by atoms with Gasteiger partial charge in [-0.15, -0.1) is 0 Å². The lowest BCUT2D eigenvalue weighted by Crippen LogP contribution is -2.40. The summed E-state index contributed by atoms with van der Waals surface area (Å²) in [4.78, 5) is 4.17. The van der Waals surface area contributed by atoms with Gasteiger partial charge in [-0.05, 0) is 24.6 Å². The van der Waals surface area contributed by atoms with Gasteiger partial charge in [-0.1, -0.05) is 13.0 Å². The quantitative estimate of drug-likeness (QED) is 0.842. The van der Waals surface area contributed by atoms with Gasteiger partial charge in [0.15, 0.2) is 0 Å². The van der Waals surface area contributed by atoms with Crippen molar-refractivity contribution in [3.63, 3.8) is 0 Å². The van der Waals surface area contributed by atoms with E-state index in [1.807, 2.05) is 12.3 Å². The van der Waals surface area contributed by atoms with Crippen LogP contribution in [0, 0.1) is 0 Å². The van der Waals surface area contributed by atoms with E-state index in [0.29, 0.717) is 19.8 Å². The average molecular weight is 236 g/mol. The monoisotopic (exact) mass is 236 g/mol. The van der Waals surface area contributed by atoms with Crippen molar-refractivity contribution in [2.75, 3.05) is 26.4 Å². The SMILES string of the molecule is CCCNC(c1cccnc1)C1COCCO1. The van der Waals surface area contributed by atoms with Gasteiger partial charge in [-0.3, -0.25) is 4.98 Å². The van der Waals surface area contributed by atoms with Crippen LogP contribution in [0.5, 0.6) is 0 Å².